The van der Waals surface area contributed by atoms with Crippen molar-refractivity contribution < 1.29 is 19.4 Å². The van der Waals surface area contributed by atoms with E-state index in [1.54, 1.807) is 6.08 Å². The van der Waals surface area contributed by atoms with Crippen LogP contribution in [0.3, 0.4) is 0 Å². The van der Waals surface area contributed by atoms with Gasteiger partial charge in [-0.1, -0.05) is 39.5 Å². The number of rotatable bonds is 1. The number of amides is 1. The van der Waals surface area contributed by atoms with Crippen LogP contribution >= 0.6 is 0 Å². The molecule has 5 heteroatoms. The molecule has 0 saturated carbocycles. The van der Waals surface area contributed by atoms with Crippen molar-refractivity contribution in [1.82, 2.24) is 4.90 Å². The lowest BCUT2D eigenvalue weighted by Gasteiger charge is -2.52. The minimum Gasteiger partial charge on any atom is -0.486 e. The maximum Gasteiger partial charge on any atom is 0.407 e. The summed E-state index contributed by atoms with van der Waals surface area (Å²) in [4.78, 5) is 26.0. The number of likely N-dealkylation sites (tertiary alicyclic amines) is 1. The lowest BCUT2D eigenvalue weighted by atomic mass is 9.62. The van der Waals surface area contributed by atoms with Crippen molar-refractivity contribution in [3.63, 3.8) is 0 Å². The van der Waals surface area contributed by atoms with Crippen LogP contribution in [0.15, 0.2) is 24.8 Å². The normalized spacial score (nSPS) is 22.3. The summed E-state index contributed by atoms with van der Waals surface area (Å²) in [7, 11) is 0. The van der Waals surface area contributed by atoms with Gasteiger partial charge in [0, 0.05) is 25.9 Å². The third-order valence-corrected chi connectivity index (χ3v) is 5.35. The van der Waals surface area contributed by atoms with Crippen molar-refractivity contribution in [1.29, 1.82) is 0 Å². The number of ether oxygens (including phenoxy) is 1. The fraction of sp³-hybridized carbons (Fsp3) is 0.500. The molecule has 1 fully saturated rings. The molecule has 3 rings (SSSR count). The summed E-state index contributed by atoms with van der Waals surface area (Å²) in [6.07, 6.45) is 1.85. The van der Waals surface area contributed by atoms with Gasteiger partial charge in [0.15, 0.2) is 5.78 Å². The molecule has 1 aromatic carbocycles. The molecule has 1 spiro atoms. The molecule has 0 aliphatic carbocycles. The third kappa shape index (κ3) is 2.92. The number of ketones is 1. The molecular weight excluding hydrogens is 318 g/mol. The number of hydrogen-bond donors (Lipinski definition) is 1. The van der Waals surface area contributed by atoms with Crippen LogP contribution < -0.4 is 4.74 Å². The number of carbonyl (C=O) groups excluding carboxylic acids is 1. The fourth-order valence-corrected chi connectivity index (χ4v) is 4.28. The lowest BCUT2D eigenvalue weighted by Crippen LogP contribution is -2.60. The van der Waals surface area contributed by atoms with Gasteiger partial charge >= 0.3 is 6.09 Å². The molecule has 1 saturated heterocycles. The van der Waals surface area contributed by atoms with Gasteiger partial charge in [-0.25, -0.2) is 4.79 Å². The molecule has 2 heterocycles. The van der Waals surface area contributed by atoms with Gasteiger partial charge in [-0.15, -0.1) is 0 Å². The van der Waals surface area contributed by atoms with Crippen molar-refractivity contribution in [2.24, 2.45) is 11.3 Å². The molecule has 1 unspecified atom stereocenters. The second-order valence-electron chi connectivity index (χ2n) is 8.06. The average molecular weight is 343 g/mol. The Kier molecular flexibility index (Phi) is 4.13. The number of Topliss-reactive ketones (excluding diaryl/α,β-unsaturated/α-hetero) is 1. The number of nitrogens with zero attached hydrogens (tertiary/aromatic N) is 1. The first-order chi connectivity index (χ1) is 11.7. The van der Waals surface area contributed by atoms with E-state index in [1.807, 2.05) is 39.0 Å². The van der Waals surface area contributed by atoms with Crippen molar-refractivity contribution in [3.05, 3.63) is 35.9 Å². The lowest BCUT2D eigenvalue weighted by molar-refractivity contribution is -0.0695. The second kappa shape index (κ2) is 5.90. The topological polar surface area (TPSA) is 66.8 Å². The van der Waals surface area contributed by atoms with E-state index < -0.39 is 11.7 Å². The Balaban J connectivity index is 2.04. The summed E-state index contributed by atoms with van der Waals surface area (Å²) in [6, 6.07) is 5.55. The smallest absolute Gasteiger partial charge is 0.407 e. The van der Waals surface area contributed by atoms with Crippen molar-refractivity contribution in [3.8, 4) is 5.75 Å². The Morgan fingerprint density at radius 2 is 2.00 bits per heavy atom. The quantitative estimate of drug-likeness (QED) is 0.834. The van der Waals surface area contributed by atoms with Crippen LogP contribution in [0.25, 0.3) is 6.08 Å². The van der Waals surface area contributed by atoms with E-state index in [-0.39, 0.29) is 17.1 Å². The Hall–Kier alpha value is -2.30. The SMILES string of the molecule is C=Cc1ccc2c(c1)C(=O)C(C(C)(C)C)C1(CCN(C(=O)O)CC1)O2. The fourth-order valence-electron chi connectivity index (χ4n) is 4.28. The minimum absolute atomic E-state index is 0.0845. The first-order valence-electron chi connectivity index (χ1n) is 8.65. The van der Waals surface area contributed by atoms with Gasteiger partial charge < -0.3 is 14.7 Å². The zero-order valence-electron chi connectivity index (χ0n) is 15.0. The highest BCUT2D eigenvalue weighted by molar-refractivity contribution is 6.03. The number of fused-ring (bicyclic) bond motifs is 1. The number of benzene rings is 1. The summed E-state index contributed by atoms with van der Waals surface area (Å²) in [5.41, 5.74) is 0.553. The minimum atomic E-state index is -0.916. The van der Waals surface area contributed by atoms with Crippen molar-refractivity contribution in [2.75, 3.05) is 13.1 Å². The zero-order chi connectivity index (χ0) is 18.4. The van der Waals surface area contributed by atoms with E-state index in [4.69, 9.17) is 4.74 Å². The molecule has 25 heavy (non-hydrogen) atoms. The number of carbonyl (C=O) groups is 2. The zero-order valence-corrected chi connectivity index (χ0v) is 15.0. The van der Waals surface area contributed by atoms with Gasteiger partial charge in [-0.05, 0) is 23.1 Å². The maximum absolute atomic E-state index is 13.4. The van der Waals surface area contributed by atoms with Crippen LogP contribution in [0.5, 0.6) is 5.75 Å². The van der Waals surface area contributed by atoms with E-state index in [1.165, 1.54) is 4.90 Å². The Bertz CT molecular complexity index is 724. The average Bonchev–Trinajstić information content (AvgIpc) is 2.53. The second-order valence-corrected chi connectivity index (χ2v) is 8.06. The predicted molar refractivity (Wildman–Crippen MR) is 96.0 cm³/mol. The first-order valence-corrected chi connectivity index (χ1v) is 8.65. The summed E-state index contributed by atoms with van der Waals surface area (Å²) >= 11 is 0. The van der Waals surface area contributed by atoms with Gasteiger partial charge in [-0.3, -0.25) is 4.79 Å². The molecule has 134 valence electrons. The molecule has 0 radical (unpaired) electrons. The molecule has 5 nitrogen and oxygen atoms in total. The van der Waals surface area contributed by atoms with Crippen LogP contribution in [0.4, 0.5) is 4.79 Å². The van der Waals surface area contributed by atoms with E-state index in [0.717, 1.165) is 5.56 Å². The van der Waals surface area contributed by atoms with Crippen LogP contribution in [0.2, 0.25) is 0 Å². The number of carboxylic acid groups (broad SMARTS) is 1. The van der Waals surface area contributed by atoms with E-state index in [9.17, 15) is 14.7 Å². The van der Waals surface area contributed by atoms with Gasteiger partial charge in [-0.2, -0.15) is 0 Å². The Morgan fingerprint density at radius 3 is 2.52 bits per heavy atom. The summed E-state index contributed by atoms with van der Waals surface area (Å²) in [6.45, 7) is 10.7. The van der Waals surface area contributed by atoms with Crippen LogP contribution in [-0.4, -0.2) is 40.6 Å². The third-order valence-electron chi connectivity index (χ3n) is 5.35. The van der Waals surface area contributed by atoms with E-state index in [2.05, 4.69) is 6.58 Å². The van der Waals surface area contributed by atoms with Crippen molar-refractivity contribution >= 4 is 18.0 Å². The molecule has 0 bridgehead atoms. The molecule has 0 aromatic heterocycles. The van der Waals surface area contributed by atoms with Gasteiger partial charge in [0.2, 0.25) is 0 Å². The summed E-state index contributed by atoms with van der Waals surface area (Å²) in [5.74, 6) is 0.365. The summed E-state index contributed by atoms with van der Waals surface area (Å²) in [5, 5.41) is 9.23. The first kappa shape index (κ1) is 17.5. The predicted octanol–water partition coefficient (Wildman–Crippen LogP) is 4.08. The van der Waals surface area contributed by atoms with E-state index >= 15 is 0 Å². The molecule has 2 aliphatic rings. The van der Waals surface area contributed by atoms with E-state index in [0.29, 0.717) is 37.2 Å². The molecule has 1 N–H and O–H groups in total. The Labute approximate surface area is 148 Å². The number of piperidine rings is 1. The highest BCUT2D eigenvalue weighted by Crippen LogP contribution is 2.49. The monoisotopic (exact) mass is 343 g/mol. The summed E-state index contributed by atoms with van der Waals surface area (Å²) < 4.78 is 6.42. The molecule has 1 aromatic rings. The maximum atomic E-state index is 13.4. The highest BCUT2D eigenvalue weighted by atomic mass is 16.5. The molecule has 2 aliphatic heterocycles. The largest absolute Gasteiger partial charge is 0.486 e. The van der Waals surface area contributed by atoms with Gasteiger partial charge in [0.05, 0.1) is 11.5 Å². The molecule has 1 atom stereocenters. The molecular formula is C20H25NO4. The Morgan fingerprint density at radius 1 is 1.36 bits per heavy atom. The van der Waals surface area contributed by atoms with Crippen molar-refractivity contribution in [2.45, 2.75) is 39.2 Å². The van der Waals surface area contributed by atoms with Gasteiger partial charge in [0.1, 0.15) is 11.4 Å². The highest BCUT2D eigenvalue weighted by Gasteiger charge is 2.55. The van der Waals surface area contributed by atoms with Crippen LogP contribution in [0, 0.1) is 11.3 Å². The molecule has 1 amide bonds. The van der Waals surface area contributed by atoms with Crippen LogP contribution in [0.1, 0.15) is 49.5 Å². The standard InChI is InChI=1S/C20H25NO4/c1-5-13-6-7-15-14(12-13)16(22)17(19(2,3)4)20(25-15)8-10-21(11-9-20)18(23)24/h5-7,12,17H,1,8-11H2,2-4H3,(H,23,24). The van der Waals surface area contributed by atoms with Gasteiger partial charge in [0.25, 0.3) is 0 Å². The number of hydrogen-bond acceptors (Lipinski definition) is 3. The van der Waals surface area contributed by atoms with Crippen LogP contribution in [-0.2, 0) is 0 Å².